The molecule has 0 aliphatic carbocycles. The molecule has 1 saturated heterocycles. The molecule has 0 radical (unpaired) electrons. The lowest BCUT2D eigenvalue weighted by molar-refractivity contribution is 0.122. The molecule has 1 aliphatic rings. The van der Waals surface area contributed by atoms with E-state index >= 15 is 0 Å². The van der Waals surface area contributed by atoms with Crippen LogP contribution in [0.15, 0.2) is 53.6 Å². The van der Waals surface area contributed by atoms with E-state index in [1.807, 2.05) is 6.07 Å². The quantitative estimate of drug-likeness (QED) is 0.500. The number of H-pyrrole nitrogens is 1. The molecule has 1 aromatic carbocycles. The molecule has 1 fully saturated rings. The molecule has 164 valence electrons. The molecule has 0 bridgehead atoms. The number of aromatic amines is 1. The fraction of sp³-hybridized carbons (Fsp3) is 0.261. The highest BCUT2D eigenvalue weighted by Crippen LogP contribution is 2.24. The highest BCUT2D eigenvalue weighted by atomic mass is 19.1. The SMILES string of the molecule is O=c1c(O)c(-c2ncc(CCc3ccc(F)cc3)[nH]2)nc2ccc(N3CCOCC3)cn12. The average Bonchev–Trinajstić information content (AvgIpc) is 3.30. The van der Waals surface area contributed by atoms with Crippen molar-refractivity contribution in [2.75, 3.05) is 31.2 Å². The zero-order valence-corrected chi connectivity index (χ0v) is 17.3. The molecule has 32 heavy (non-hydrogen) atoms. The van der Waals surface area contributed by atoms with Gasteiger partial charge >= 0.3 is 5.56 Å². The van der Waals surface area contributed by atoms with Gasteiger partial charge in [-0.3, -0.25) is 9.20 Å². The van der Waals surface area contributed by atoms with Crippen molar-refractivity contribution in [2.24, 2.45) is 0 Å². The first-order valence-corrected chi connectivity index (χ1v) is 10.5. The number of aromatic hydroxyl groups is 1. The Morgan fingerprint density at radius 3 is 2.66 bits per heavy atom. The second-order valence-electron chi connectivity index (χ2n) is 7.71. The molecule has 0 amide bonds. The molecule has 0 unspecified atom stereocenters. The van der Waals surface area contributed by atoms with E-state index in [9.17, 15) is 14.3 Å². The Hall–Kier alpha value is -3.72. The van der Waals surface area contributed by atoms with Gasteiger partial charge in [0.2, 0.25) is 5.75 Å². The third kappa shape index (κ3) is 3.94. The monoisotopic (exact) mass is 435 g/mol. The van der Waals surface area contributed by atoms with Crippen molar-refractivity contribution in [3.63, 3.8) is 0 Å². The maximum Gasteiger partial charge on any atom is 0.300 e. The first-order chi connectivity index (χ1) is 15.6. The summed E-state index contributed by atoms with van der Waals surface area (Å²) in [5.74, 6) is -0.395. The fourth-order valence-electron chi connectivity index (χ4n) is 3.83. The molecule has 0 spiro atoms. The summed E-state index contributed by atoms with van der Waals surface area (Å²) in [6.45, 7) is 2.75. The van der Waals surface area contributed by atoms with Crippen molar-refractivity contribution in [1.29, 1.82) is 0 Å². The van der Waals surface area contributed by atoms with Gasteiger partial charge < -0.3 is 19.7 Å². The number of hydrogen-bond acceptors (Lipinski definition) is 6. The van der Waals surface area contributed by atoms with Crippen LogP contribution in [0.25, 0.3) is 17.2 Å². The zero-order valence-electron chi connectivity index (χ0n) is 17.3. The number of imidazole rings is 1. The molecule has 8 nitrogen and oxygen atoms in total. The first-order valence-electron chi connectivity index (χ1n) is 10.5. The van der Waals surface area contributed by atoms with Gasteiger partial charge in [-0.15, -0.1) is 0 Å². The van der Waals surface area contributed by atoms with E-state index in [1.165, 1.54) is 16.5 Å². The van der Waals surface area contributed by atoms with Crippen LogP contribution in [0, 0.1) is 5.82 Å². The van der Waals surface area contributed by atoms with E-state index in [0.29, 0.717) is 37.5 Å². The summed E-state index contributed by atoms with van der Waals surface area (Å²) in [5.41, 5.74) is 2.69. The molecule has 4 heterocycles. The Morgan fingerprint density at radius 2 is 1.88 bits per heavy atom. The second-order valence-corrected chi connectivity index (χ2v) is 7.71. The van der Waals surface area contributed by atoms with Gasteiger partial charge in [0.25, 0.3) is 0 Å². The van der Waals surface area contributed by atoms with Crippen molar-refractivity contribution in [3.8, 4) is 17.3 Å². The van der Waals surface area contributed by atoms with Gasteiger partial charge in [-0.2, -0.15) is 0 Å². The Morgan fingerprint density at radius 1 is 1.09 bits per heavy atom. The topological polar surface area (TPSA) is 95.7 Å². The largest absolute Gasteiger partial charge is 0.501 e. The normalized spacial score (nSPS) is 14.2. The molecule has 0 atom stereocenters. The lowest BCUT2D eigenvalue weighted by Crippen LogP contribution is -2.36. The summed E-state index contributed by atoms with van der Waals surface area (Å²) >= 11 is 0. The van der Waals surface area contributed by atoms with E-state index in [4.69, 9.17) is 4.74 Å². The van der Waals surface area contributed by atoms with Gasteiger partial charge in [0.1, 0.15) is 11.5 Å². The number of ether oxygens (including phenoxy) is 1. The summed E-state index contributed by atoms with van der Waals surface area (Å²) < 4.78 is 19.8. The van der Waals surface area contributed by atoms with Crippen LogP contribution in [0.3, 0.4) is 0 Å². The van der Waals surface area contributed by atoms with Gasteiger partial charge in [-0.1, -0.05) is 12.1 Å². The first kappa shape index (κ1) is 20.2. The van der Waals surface area contributed by atoms with Crippen molar-refractivity contribution in [3.05, 3.63) is 76.2 Å². The average molecular weight is 435 g/mol. The van der Waals surface area contributed by atoms with Crippen LogP contribution in [0.2, 0.25) is 0 Å². The van der Waals surface area contributed by atoms with Gasteiger partial charge in [0.05, 0.1) is 18.9 Å². The van der Waals surface area contributed by atoms with Crippen LogP contribution < -0.4 is 10.5 Å². The summed E-state index contributed by atoms with van der Waals surface area (Å²) in [5, 5.41) is 10.6. The Bertz CT molecular complexity index is 1310. The Balaban J connectivity index is 1.41. The number of morpholine rings is 1. The molecular weight excluding hydrogens is 413 g/mol. The van der Waals surface area contributed by atoms with Gasteiger partial charge in [0.15, 0.2) is 11.5 Å². The predicted molar refractivity (Wildman–Crippen MR) is 118 cm³/mol. The number of hydrogen-bond donors (Lipinski definition) is 2. The number of aryl methyl sites for hydroxylation is 2. The van der Waals surface area contributed by atoms with Gasteiger partial charge in [-0.05, 0) is 42.7 Å². The number of rotatable bonds is 5. The van der Waals surface area contributed by atoms with Crippen molar-refractivity contribution in [1.82, 2.24) is 19.4 Å². The highest BCUT2D eigenvalue weighted by molar-refractivity contribution is 5.63. The predicted octanol–water partition coefficient (Wildman–Crippen LogP) is 2.55. The zero-order chi connectivity index (χ0) is 22.1. The van der Waals surface area contributed by atoms with Crippen LogP contribution >= 0.6 is 0 Å². The van der Waals surface area contributed by atoms with E-state index in [0.717, 1.165) is 30.0 Å². The summed E-state index contributed by atoms with van der Waals surface area (Å²) in [6, 6.07) is 10.0. The smallest absolute Gasteiger partial charge is 0.300 e. The Labute approximate surface area is 183 Å². The van der Waals surface area contributed by atoms with Gasteiger partial charge in [0, 0.05) is 31.2 Å². The standard InChI is InChI=1S/C23H22FN5O3/c24-16-4-1-15(2-5-16)3-6-17-13-25-22(26-17)20-21(30)23(31)29-14-18(7-8-19(29)27-20)28-9-11-32-12-10-28/h1-2,4-5,7-8,13-14,30H,3,6,9-12H2,(H,25,26). The number of aromatic nitrogens is 4. The Kier molecular flexibility index (Phi) is 5.32. The van der Waals surface area contributed by atoms with Crippen molar-refractivity contribution < 1.29 is 14.2 Å². The molecule has 4 aromatic rings. The second kappa shape index (κ2) is 8.43. The molecular formula is C23H22FN5O3. The number of pyridine rings is 1. The number of fused-ring (bicyclic) bond motifs is 1. The maximum atomic E-state index is 13.1. The van der Waals surface area contributed by atoms with Gasteiger partial charge in [-0.25, -0.2) is 14.4 Å². The molecule has 1 aliphatic heterocycles. The molecule has 9 heteroatoms. The van der Waals surface area contributed by atoms with E-state index < -0.39 is 11.3 Å². The minimum atomic E-state index is -0.552. The summed E-state index contributed by atoms with van der Waals surface area (Å²) in [7, 11) is 0. The fourth-order valence-corrected chi connectivity index (χ4v) is 3.83. The number of nitrogens with zero attached hydrogens (tertiary/aromatic N) is 4. The molecule has 2 N–H and O–H groups in total. The molecule has 5 rings (SSSR count). The molecule has 0 saturated carbocycles. The number of anilines is 1. The van der Waals surface area contributed by atoms with Crippen LogP contribution in [0.1, 0.15) is 11.3 Å². The van der Waals surface area contributed by atoms with Crippen LogP contribution in [-0.4, -0.2) is 50.8 Å². The number of halogens is 1. The third-order valence-electron chi connectivity index (χ3n) is 5.61. The minimum Gasteiger partial charge on any atom is -0.501 e. The van der Waals surface area contributed by atoms with Crippen LogP contribution in [0.4, 0.5) is 10.1 Å². The van der Waals surface area contributed by atoms with E-state index in [2.05, 4.69) is 19.9 Å². The maximum absolute atomic E-state index is 13.1. The summed E-state index contributed by atoms with van der Waals surface area (Å²) in [6.07, 6.45) is 4.69. The lowest BCUT2D eigenvalue weighted by atomic mass is 10.1. The lowest BCUT2D eigenvalue weighted by Gasteiger charge is -2.28. The highest BCUT2D eigenvalue weighted by Gasteiger charge is 2.18. The third-order valence-corrected chi connectivity index (χ3v) is 5.61. The van der Waals surface area contributed by atoms with Crippen LogP contribution in [-0.2, 0) is 17.6 Å². The van der Waals surface area contributed by atoms with Crippen molar-refractivity contribution >= 4 is 11.3 Å². The summed E-state index contributed by atoms with van der Waals surface area (Å²) in [4.78, 5) is 26.9. The number of benzene rings is 1. The number of nitrogens with one attached hydrogen (secondary N) is 1. The van der Waals surface area contributed by atoms with E-state index in [1.54, 1.807) is 30.6 Å². The van der Waals surface area contributed by atoms with Crippen molar-refractivity contribution in [2.45, 2.75) is 12.8 Å². The minimum absolute atomic E-state index is 0.113. The van der Waals surface area contributed by atoms with E-state index in [-0.39, 0.29) is 11.5 Å². The van der Waals surface area contributed by atoms with Crippen LogP contribution in [0.5, 0.6) is 5.75 Å². The molecule has 3 aromatic heterocycles.